The van der Waals surface area contributed by atoms with Gasteiger partial charge in [-0.25, -0.2) is 8.42 Å². The number of benzene rings is 2. The van der Waals surface area contributed by atoms with Gasteiger partial charge in [0.1, 0.15) is 4.90 Å². The minimum Gasteiger partial charge on any atom is -0.282 e. The molecule has 0 unspecified atom stereocenters. The van der Waals surface area contributed by atoms with Crippen LogP contribution >= 0.6 is 11.8 Å². The molecule has 2 aromatic rings. The lowest BCUT2D eigenvalue weighted by Crippen LogP contribution is -2.12. The zero-order chi connectivity index (χ0) is 14.5. The monoisotopic (exact) mass is 328 g/mol. The molecule has 1 aliphatic heterocycles. The summed E-state index contributed by atoms with van der Waals surface area (Å²) in [6.07, 6.45) is 0. The number of hydrogen-bond donors (Lipinski definition) is 1. The first-order chi connectivity index (χ1) is 9.32. The van der Waals surface area contributed by atoms with Gasteiger partial charge in [-0.05, 0) is 24.3 Å². The molecule has 1 heterocycles. The molecule has 0 amide bonds. The Hall–Kier alpha value is -1.35. The Bertz CT molecular complexity index is 914. The van der Waals surface area contributed by atoms with Crippen LogP contribution in [0.3, 0.4) is 0 Å². The van der Waals surface area contributed by atoms with E-state index in [1.807, 2.05) is 0 Å². The van der Waals surface area contributed by atoms with E-state index in [0.29, 0.717) is 4.90 Å². The van der Waals surface area contributed by atoms with E-state index in [1.54, 1.807) is 18.2 Å². The molecule has 0 bridgehead atoms. The van der Waals surface area contributed by atoms with Crippen LogP contribution in [0.5, 0.6) is 0 Å². The third-order valence-electron chi connectivity index (χ3n) is 2.86. The van der Waals surface area contributed by atoms with Crippen LogP contribution < -0.4 is 0 Å². The minimum absolute atomic E-state index is 0.0358. The average Bonchev–Trinajstić information content (AvgIpc) is 2.37. The highest BCUT2D eigenvalue weighted by Gasteiger charge is 2.33. The van der Waals surface area contributed by atoms with E-state index >= 15 is 0 Å². The topological polar surface area (TPSA) is 88.5 Å². The Balaban J connectivity index is 2.40. The Labute approximate surface area is 120 Å². The summed E-state index contributed by atoms with van der Waals surface area (Å²) in [6.45, 7) is 0. The van der Waals surface area contributed by atoms with Crippen molar-refractivity contribution in [3.05, 3.63) is 42.5 Å². The van der Waals surface area contributed by atoms with Gasteiger partial charge < -0.3 is 0 Å². The first kappa shape index (κ1) is 13.6. The smallest absolute Gasteiger partial charge is 0.282 e. The molecule has 104 valence electrons. The molecule has 2 aromatic carbocycles. The largest absolute Gasteiger partial charge is 0.295 e. The Morgan fingerprint density at radius 1 is 0.950 bits per heavy atom. The highest BCUT2D eigenvalue weighted by Crippen LogP contribution is 2.46. The number of fused-ring (bicyclic) bond motifs is 2. The zero-order valence-electron chi connectivity index (χ0n) is 9.85. The summed E-state index contributed by atoms with van der Waals surface area (Å²) in [7, 11) is -8.26. The van der Waals surface area contributed by atoms with Crippen molar-refractivity contribution in [2.24, 2.45) is 0 Å². The molecule has 20 heavy (non-hydrogen) atoms. The maximum Gasteiger partial charge on any atom is 0.295 e. The van der Waals surface area contributed by atoms with Gasteiger partial charge in [0.05, 0.1) is 14.7 Å². The molecular weight excluding hydrogens is 320 g/mol. The molecule has 0 radical (unpaired) electrons. The van der Waals surface area contributed by atoms with Gasteiger partial charge in [-0.2, -0.15) is 8.42 Å². The third-order valence-corrected chi connectivity index (χ3v) is 7.22. The Morgan fingerprint density at radius 2 is 1.60 bits per heavy atom. The molecule has 0 aliphatic carbocycles. The normalized spacial score (nSPS) is 16.2. The fourth-order valence-corrected chi connectivity index (χ4v) is 6.32. The van der Waals surface area contributed by atoms with Crippen molar-refractivity contribution < 1.29 is 21.4 Å². The highest BCUT2D eigenvalue weighted by molar-refractivity contribution is 8.02. The van der Waals surface area contributed by atoms with Crippen LogP contribution in [0.25, 0.3) is 0 Å². The minimum atomic E-state index is -4.48. The molecule has 0 aromatic heterocycles. The van der Waals surface area contributed by atoms with E-state index in [1.165, 1.54) is 24.3 Å². The zero-order valence-corrected chi connectivity index (χ0v) is 12.3. The summed E-state index contributed by atoms with van der Waals surface area (Å²) in [5.74, 6) is 0. The van der Waals surface area contributed by atoms with E-state index in [9.17, 15) is 21.4 Å². The predicted octanol–water partition coefficient (Wildman–Crippen LogP) is 2.23. The van der Waals surface area contributed by atoms with Crippen molar-refractivity contribution >= 4 is 31.7 Å². The summed E-state index contributed by atoms with van der Waals surface area (Å²) < 4.78 is 56.9. The van der Waals surface area contributed by atoms with Crippen molar-refractivity contribution in [3.63, 3.8) is 0 Å². The van der Waals surface area contributed by atoms with Crippen molar-refractivity contribution in [1.82, 2.24) is 0 Å². The van der Waals surface area contributed by atoms with Crippen LogP contribution in [0.15, 0.2) is 66.9 Å². The molecule has 0 spiro atoms. The first-order valence-corrected chi connectivity index (χ1v) is 9.18. The lowest BCUT2D eigenvalue weighted by Gasteiger charge is -2.20. The van der Waals surface area contributed by atoms with E-state index < -0.39 is 24.9 Å². The van der Waals surface area contributed by atoms with Crippen LogP contribution in [-0.4, -0.2) is 21.4 Å². The Morgan fingerprint density at radius 3 is 2.30 bits per heavy atom. The van der Waals surface area contributed by atoms with Crippen molar-refractivity contribution in [1.29, 1.82) is 0 Å². The van der Waals surface area contributed by atoms with Gasteiger partial charge in [-0.1, -0.05) is 30.0 Å². The summed E-state index contributed by atoms with van der Waals surface area (Å²) in [5, 5.41) is 0. The van der Waals surface area contributed by atoms with Crippen molar-refractivity contribution in [2.75, 3.05) is 0 Å². The van der Waals surface area contributed by atoms with Gasteiger partial charge in [0.25, 0.3) is 10.1 Å². The molecule has 0 saturated carbocycles. The van der Waals surface area contributed by atoms with Gasteiger partial charge in [0.15, 0.2) is 0 Å². The fourth-order valence-electron chi connectivity index (χ4n) is 2.00. The molecule has 0 fully saturated rings. The fraction of sp³-hybridized carbons (Fsp3) is 0. The van der Waals surface area contributed by atoms with Crippen LogP contribution in [0.1, 0.15) is 0 Å². The third kappa shape index (κ3) is 1.96. The van der Waals surface area contributed by atoms with E-state index in [2.05, 4.69) is 0 Å². The number of rotatable bonds is 1. The van der Waals surface area contributed by atoms with Gasteiger partial charge in [0.2, 0.25) is 9.84 Å². The average molecular weight is 328 g/mol. The van der Waals surface area contributed by atoms with E-state index in [-0.39, 0.29) is 14.7 Å². The SMILES string of the molecule is O=S(=O)(O)c1cccc2c1Sc1ccccc1S2(=O)=O. The second kappa shape index (κ2) is 4.32. The summed E-state index contributed by atoms with van der Waals surface area (Å²) in [6, 6.07) is 10.2. The lowest BCUT2D eigenvalue weighted by atomic mass is 10.3. The molecule has 1 N–H and O–H groups in total. The Kier molecular flexibility index (Phi) is 2.94. The van der Waals surface area contributed by atoms with Gasteiger partial charge in [-0.3, -0.25) is 4.55 Å². The highest BCUT2D eigenvalue weighted by atomic mass is 32.2. The summed E-state index contributed by atoms with van der Waals surface area (Å²) >= 11 is 1.02. The maximum atomic E-state index is 12.5. The summed E-state index contributed by atoms with van der Waals surface area (Å²) in [5.41, 5.74) is 0. The van der Waals surface area contributed by atoms with Crippen LogP contribution in [-0.2, 0) is 20.0 Å². The lowest BCUT2D eigenvalue weighted by molar-refractivity contribution is 0.480. The molecule has 3 rings (SSSR count). The van der Waals surface area contributed by atoms with E-state index in [4.69, 9.17) is 0 Å². The molecule has 8 heteroatoms. The second-order valence-electron chi connectivity index (χ2n) is 4.11. The van der Waals surface area contributed by atoms with Crippen molar-refractivity contribution in [2.45, 2.75) is 24.5 Å². The van der Waals surface area contributed by atoms with Crippen LogP contribution in [0, 0.1) is 0 Å². The molecule has 0 saturated heterocycles. The molecule has 1 aliphatic rings. The van der Waals surface area contributed by atoms with Crippen molar-refractivity contribution in [3.8, 4) is 0 Å². The van der Waals surface area contributed by atoms with E-state index in [0.717, 1.165) is 11.8 Å². The second-order valence-corrected chi connectivity index (χ2v) is 8.44. The van der Waals surface area contributed by atoms with Crippen LogP contribution in [0.4, 0.5) is 0 Å². The predicted molar refractivity (Wildman–Crippen MR) is 72.3 cm³/mol. The van der Waals surface area contributed by atoms with Gasteiger partial charge in [-0.15, -0.1) is 0 Å². The molecule has 0 atom stereocenters. The maximum absolute atomic E-state index is 12.5. The van der Waals surface area contributed by atoms with Gasteiger partial charge in [0, 0.05) is 4.90 Å². The van der Waals surface area contributed by atoms with Gasteiger partial charge >= 0.3 is 0 Å². The number of hydrogen-bond acceptors (Lipinski definition) is 5. The standard InChI is InChI=1S/C12H8O5S3/c13-19(14)9-5-2-1-4-8(9)18-12-10(19)6-3-7-11(12)20(15,16)17/h1-7H,(H,15,16,17). The van der Waals surface area contributed by atoms with Crippen LogP contribution in [0.2, 0.25) is 0 Å². The molecular formula is C12H8O5S3. The molecule has 5 nitrogen and oxygen atoms in total. The quantitative estimate of drug-likeness (QED) is 0.689. The summed E-state index contributed by atoms with van der Waals surface area (Å²) in [4.78, 5) is 0.129. The first-order valence-electron chi connectivity index (χ1n) is 5.44. The number of sulfone groups is 1.